The van der Waals surface area contributed by atoms with Crippen molar-refractivity contribution in [2.45, 2.75) is 6.04 Å². The SMILES string of the molecule is NC(CO)c1ccc(-n2cncn2)c(Br)c1. The first-order valence-electron chi connectivity index (χ1n) is 4.73. The van der Waals surface area contributed by atoms with E-state index in [0.29, 0.717) is 0 Å². The topological polar surface area (TPSA) is 77.0 Å². The van der Waals surface area contributed by atoms with Gasteiger partial charge in [-0.3, -0.25) is 0 Å². The Morgan fingerprint density at radius 1 is 1.50 bits per heavy atom. The van der Waals surface area contributed by atoms with Crippen molar-refractivity contribution in [1.29, 1.82) is 0 Å². The number of aromatic nitrogens is 3. The second-order valence-corrected chi connectivity index (χ2v) is 4.19. The molecule has 0 spiro atoms. The van der Waals surface area contributed by atoms with Crippen LogP contribution in [0.25, 0.3) is 5.69 Å². The predicted octanol–water partition coefficient (Wildman–Crippen LogP) is 1.02. The number of nitrogens with two attached hydrogens (primary N) is 1. The molecule has 0 saturated carbocycles. The molecule has 0 radical (unpaired) electrons. The number of aliphatic hydroxyl groups is 1. The van der Waals surface area contributed by atoms with Gasteiger partial charge in [-0.05, 0) is 33.6 Å². The van der Waals surface area contributed by atoms with E-state index >= 15 is 0 Å². The van der Waals surface area contributed by atoms with Crippen LogP contribution in [0.2, 0.25) is 0 Å². The fourth-order valence-corrected chi connectivity index (χ4v) is 1.96. The van der Waals surface area contributed by atoms with Crippen LogP contribution < -0.4 is 5.73 Å². The molecule has 2 rings (SSSR count). The summed E-state index contributed by atoms with van der Waals surface area (Å²) in [6.45, 7) is -0.0743. The molecule has 0 aliphatic carbocycles. The average molecular weight is 283 g/mol. The molecular formula is C10H11BrN4O. The highest BCUT2D eigenvalue weighted by atomic mass is 79.9. The Balaban J connectivity index is 2.37. The maximum Gasteiger partial charge on any atom is 0.138 e. The van der Waals surface area contributed by atoms with Crippen molar-refractivity contribution in [3.8, 4) is 5.69 Å². The van der Waals surface area contributed by atoms with Crippen molar-refractivity contribution < 1.29 is 5.11 Å². The Morgan fingerprint density at radius 3 is 2.88 bits per heavy atom. The molecule has 0 fully saturated rings. The lowest BCUT2D eigenvalue weighted by Crippen LogP contribution is -2.14. The third-order valence-electron chi connectivity index (χ3n) is 2.26. The molecule has 1 atom stereocenters. The second kappa shape index (κ2) is 4.73. The standard InChI is InChI=1S/C10H11BrN4O/c11-8-3-7(9(12)4-16)1-2-10(8)15-6-13-5-14-15/h1-3,5-6,9,16H,4,12H2. The molecule has 1 heterocycles. The fourth-order valence-electron chi connectivity index (χ4n) is 1.38. The zero-order valence-electron chi connectivity index (χ0n) is 8.42. The first-order valence-corrected chi connectivity index (χ1v) is 5.52. The third-order valence-corrected chi connectivity index (χ3v) is 2.90. The molecular weight excluding hydrogens is 272 g/mol. The zero-order valence-corrected chi connectivity index (χ0v) is 10.0. The number of hydrogen-bond donors (Lipinski definition) is 2. The highest BCUT2D eigenvalue weighted by Gasteiger charge is 2.08. The minimum atomic E-state index is -0.360. The molecule has 3 N–H and O–H groups in total. The first-order chi connectivity index (χ1) is 7.72. The van der Waals surface area contributed by atoms with E-state index in [-0.39, 0.29) is 12.6 Å². The maximum absolute atomic E-state index is 8.96. The van der Waals surface area contributed by atoms with E-state index in [1.165, 1.54) is 6.33 Å². The lowest BCUT2D eigenvalue weighted by atomic mass is 10.1. The minimum absolute atomic E-state index is 0.0743. The van der Waals surface area contributed by atoms with Crippen LogP contribution in [0.3, 0.4) is 0 Å². The van der Waals surface area contributed by atoms with Gasteiger partial charge in [-0.1, -0.05) is 6.07 Å². The van der Waals surface area contributed by atoms with Gasteiger partial charge >= 0.3 is 0 Å². The predicted molar refractivity (Wildman–Crippen MR) is 63.1 cm³/mol. The minimum Gasteiger partial charge on any atom is -0.394 e. The van der Waals surface area contributed by atoms with E-state index in [1.54, 1.807) is 11.0 Å². The number of benzene rings is 1. The van der Waals surface area contributed by atoms with E-state index in [4.69, 9.17) is 10.8 Å². The summed E-state index contributed by atoms with van der Waals surface area (Å²) in [7, 11) is 0. The van der Waals surface area contributed by atoms with Gasteiger partial charge in [0.1, 0.15) is 12.7 Å². The van der Waals surface area contributed by atoms with Gasteiger partial charge in [0.25, 0.3) is 0 Å². The van der Waals surface area contributed by atoms with Crippen LogP contribution in [0.5, 0.6) is 0 Å². The van der Waals surface area contributed by atoms with Gasteiger partial charge in [0.15, 0.2) is 0 Å². The Hall–Kier alpha value is -1.24. The summed E-state index contributed by atoms with van der Waals surface area (Å²) in [5.41, 5.74) is 7.48. The van der Waals surface area contributed by atoms with Crippen molar-refractivity contribution in [3.63, 3.8) is 0 Å². The normalized spacial score (nSPS) is 12.7. The van der Waals surface area contributed by atoms with Crippen LogP contribution in [-0.2, 0) is 0 Å². The molecule has 84 valence electrons. The Kier molecular flexibility index (Phi) is 3.33. The summed E-state index contributed by atoms with van der Waals surface area (Å²) in [6, 6.07) is 5.26. The van der Waals surface area contributed by atoms with Crippen molar-refractivity contribution >= 4 is 15.9 Å². The average Bonchev–Trinajstić information content (AvgIpc) is 2.81. The first kappa shape index (κ1) is 11.3. The van der Waals surface area contributed by atoms with Gasteiger partial charge in [-0.15, -0.1) is 0 Å². The Morgan fingerprint density at radius 2 is 2.31 bits per heavy atom. The molecule has 0 saturated heterocycles. The van der Waals surface area contributed by atoms with Crippen LogP contribution in [0.4, 0.5) is 0 Å². The summed E-state index contributed by atoms with van der Waals surface area (Å²) in [4.78, 5) is 3.88. The van der Waals surface area contributed by atoms with E-state index in [1.807, 2.05) is 18.2 Å². The summed E-state index contributed by atoms with van der Waals surface area (Å²) < 4.78 is 2.51. The van der Waals surface area contributed by atoms with Crippen molar-refractivity contribution in [1.82, 2.24) is 14.8 Å². The summed E-state index contributed by atoms with van der Waals surface area (Å²) in [5, 5.41) is 13.0. The molecule has 5 nitrogen and oxygen atoms in total. The number of halogens is 1. The highest BCUT2D eigenvalue weighted by Crippen LogP contribution is 2.23. The van der Waals surface area contributed by atoms with Crippen LogP contribution >= 0.6 is 15.9 Å². The lowest BCUT2D eigenvalue weighted by Gasteiger charge is -2.11. The number of aliphatic hydroxyl groups excluding tert-OH is 1. The van der Waals surface area contributed by atoms with E-state index in [2.05, 4.69) is 26.0 Å². The molecule has 1 aromatic heterocycles. The van der Waals surface area contributed by atoms with Gasteiger partial charge in [-0.25, -0.2) is 9.67 Å². The fraction of sp³-hybridized carbons (Fsp3) is 0.200. The molecule has 1 aromatic carbocycles. The van der Waals surface area contributed by atoms with Crippen LogP contribution in [0.1, 0.15) is 11.6 Å². The lowest BCUT2D eigenvalue weighted by molar-refractivity contribution is 0.268. The number of nitrogens with zero attached hydrogens (tertiary/aromatic N) is 3. The monoisotopic (exact) mass is 282 g/mol. The van der Waals surface area contributed by atoms with Crippen LogP contribution in [-0.4, -0.2) is 26.5 Å². The molecule has 0 aliphatic heterocycles. The zero-order chi connectivity index (χ0) is 11.5. The van der Waals surface area contributed by atoms with Crippen LogP contribution in [0.15, 0.2) is 35.3 Å². The summed E-state index contributed by atoms with van der Waals surface area (Å²) in [6.07, 6.45) is 3.09. The third kappa shape index (κ3) is 2.13. The molecule has 0 amide bonds. The van der Waals surface area contributed by atoms with Gasteiger partial charge < -0.3 is 10.8 Å². The second-order valence-electron chi connectivity index (χ2n) is 3.34. The van der Waals surface area contributed by atoms with Crippen LogP contribution in [0, 0.1) is 0 Å². The van der Waals surface area contributed by atoms with E-state index in [0.717, 1.165) is 15.7 Å². The van der Waals surface area contributed by atoms with E-state index in [9.17, 15) is 0 Å². The summed E-state index contributed by atoms with van der Waals surface area (Å²) >= 11 is 3.44. The molecule has 0 aliphatic rings. The number of rotatable bonds is 3. The molecule has 0 bridgehead atoms. The van der Waals surface area contributed by atoms with Crippen molar-refractivity contribution in [2.24, 2.45) is 5.73 Å². The van der Waals surface area contributed by atoms with Gasteiger partial charge in [-0.2, -0.15) is 5.10 Å². The van der Waals surface area contributed by atoms with Crippen molar-refractivity contribution in [2.75, 3.05) is 6.61 Å². The largest absolute Gasteiger partial charge is 0.394 e. The number of hydrogen-bond acceptors (Lipinski definition) is 4. The Bertz CT molecular complexity index is 472. The van der Waals surface area contributed by atoms with Gasteiger partial charge in [0.2, 0.25) is 0 Å². The quantitative estimate of drug-likeness (QED) is 0.881. The van der Waals surface area contributed by atoms with E-state index < -0.39 is 0 Å². The van der Waals surface area contributed by atoms with Gasteiger partial charge in [0, 0.05) is 4.47 Å². The smallest absolute Gasteiger partial charge is 0.138 e. The molecule has 16 heavy (non-hydrogen) atoms. The maximum atomic E-state index is 8.96. The van der Waals surface area contributed by atoms with Gasteiger partial charge in [0.05, 0.1) is 18.3 Å². The molecule has 6 heteroatoms. The molecule has 2 aromatic rings. The van der Waals surface area contributed by atoms with Crippen molar-refractivity contribution in [3.05, 3.63) is 40.9 Å². The Labute approximate surface area is 101 Å². The highest BCUT2D eigenvalue weighted by molar-refractivity contribution is 9.10. The molecule has 1 unspecified atom stereocenters. The summed E-state index contributed by atoms with van der Waals surface area (Å²) in [5.74, 6) is 0.